The summed E-state index contributed by atoms with van der Waals surface area (Å²) < 4.78 is 0. The van der Waals surface area contributed by atoms with Gasteiger partial charge in [0.25, 0.3) is 0 Å². The highest BCUT2D eigenvalue weighted by Crippen LogP contribution is 2.55. The number of aliphatic hydroxyl groups is 1. The van der Waals surface area contributed by atoms with Crippen molar-refractivity contribution in [3.63, 3.8) is 0 Å². The Morgan fingerprint density at radius 2 is 1.32 bits per heavy atom. The van der Waals surface area contributed by atoms with E-state index >= 15 is 0 Å². The fourth-order valence-electron chi connectivity index (χ4n) is 5.30. The maximum atomic E-state index is 12.4. The van der Waals surface area contributed by atoms with Crippen LogP contribution >= 0.6 is 7.26 Å². The van der Waals surface area contributed by atoms with Gasteiger partial charge >= 0.3 is 0 Å². The van der Waals surface area contributed by atoms with Crippen LogP contribution in [0.5, 0.6) is 0 Å². The molecule has 0 radical (unpaired) electrons. The minimum absolute atomic E-state index is 0. The molecule has 4 rings (SSSR count). The predicted octanol–water partition coefficient (Wildman–Crippen LogP) is 3.16. The van der Waals surface area contributed by atoms with Crippen LogP contribution in [0.2, 0.25) is 0 Å². The van der Waals surface area contributed by atoms with E-state index < -0.39 is 13.4 Å². The fourth-order valence-corrected chi connectivity index (χ4v) is 9.43. The first-order valence-corrected chi connectivity index (χ1v) is 14.6. The van der Waals surface area contributed by atoms with Crippen molar-refractivity contribution in [1.82, 2.24) is 0 Å². The Hall–Kier alpha value is -2.58. The molecule has 3 aromatic carbocycles. The lowest BCUT2D eigenvalue weighted by Gasteiger charge is -2.34. The SMILES string of the molecule is CC(C=CC1=C(C)C(=O)[C@@H](O)CC1(C)C)=CC[P+](c1ccccc1)(c1ccccc1)c1ccccc1.[Br-]. The molecule has 0 saturated carbocycles. The van der Waals surface area contributed by atoms with Gasteiger partial charge in [-0.3, -0.25) is 4.79 Å². The van der Waals surface area contributed by atoms with Crippen LogP contribution in [-0.2, 0) is 4.79 Å². The summed E-state index contributed by atoms with van der Waals surface area (Å²) in [4.78, 5) is 12.4. The van der Waals surface area contributed by atoms with Crippen molar-refractivity contribution >= 4 is 29.0 Å². The number of carbonyl (C=O) groups excluding carboxylic acids is 1. The van der Waals surface area contributed by atoms with Crippen molar-refractivity contribution < 1.29 is 26.9 Å². The molecule has 3 aromatic rings. The third-order valence-electron chi connectivity index (χ3n) is 7.30. The van der Waals surface area contributed by atoms with Crippen molar-refractivity contribution in [3.05, 3.63) is 126 Å². The third-order valence-corrected chi connectivity index (χ3v) is 11.6. The highest BCUT2D eigenvalue weighted by Gasteiger charge is 2.44. The topological polar surface area (TPSA) is 37.3 Å². The van der Waals surface area contributed by atoms with Gasteiger partial charge in [0.05, 0.1) is 6.16 Å². The maximum Gasteiger partial charge on any atom is 0.187 e. The fraction of sp³-hybridized carbons (Fsp3) is 0.242. The summed E-state index contributed by atoms with van der Waals surface area (Å²) in [5, 5.41) is 14.3. The van der Waals surface area contributed by atoms with Gasteiger partial charge in [0, 0.05) is 0 Å². The number of rotatable bonds is 7. The number of benzene rings is 3. The molecule has 1 N–H and O–H groups in total. The summed E-state index contributed by atoms with van der Waals surface area (Å²) in [5.41, 5.74) is 2.60. The lowest BCUT2D eigenvalue weighted by atomic mass is 9.71. The number of Topliss-reactive ketones (excluding diaryl/α,β-unsaturated/α-hetero) is 1. The normalized spacial score (nSPS) is 18.1. The minimum atomic E-state index is -1.93. The van der Waals surface area contributed by atoms with Crippen molar-refractivity contribution in [2.75, 3.05) is 6.16 Å². The lowest BCUT2D eigenvalue weighted by molar-refractivity contribution is -0.125. The van der Waals surface area contributed by atoms with Crippen LogP contribution in [0.4, 0.5) is 0 Å². The molecule has 192 valence electrons. The molecule has 0 aromatic heterocycles. The summed E-state index contributed by atoms with van der Waals surface area (Å²) in [6, 6.07) is 32.7. The molecule has 1 aliphatic carbocycles. The third kappa shape index (κ3) is 6.12. The Balaban J connectivity index is 0.00000380. The zero-order valence-corrected chi connectivity index (χ0v) is 24.5. The molecule has 0 amide bonds. The number of aliphatic hydroxyl groups excluding tert-OH is 1. The zero-order chi connectivity index (χ0) is 25.8. The van der Waals surface area contributed by atoms with E-state index in [2.05, 4.69) is 130 Å². The zero-order valence-electron chi connectivity index (χ0n) is 22.1. The Bertz CT molecular complexity index is 1200. The van der Waals surface area contributed by atoms with Gasteiger partial charge in [-0.2, -0.15) is 0 Å². The first kappa shape index (κ1) is 29.0. The summed E-state index contributed by atoms with van der Waals surface area (Å²) in [6.07, 6.45) is 7.01. The van der Waals surface area contributed by atoms with Gasteiger partial charge in [0.15, 0.2) is 5.78 Å². The summed E-state index contributed by atoms with van der Waals surface area (Å²) in [5.74, 6) is -0.155. The van der Waals surface area contributed by atoms with Gasteiger partial charge in [-0.05, 0) is 79.3 Å². The number of allylic oxidation sites excluding steroid dienone is 5. The van der Waals surface area contributed by atoms with Gasteiger partial charge in [0.1, 0.15) is 29.3 Å². The van der Waals surface area contributed by atoms with Crippen molar-refractivity contribution in [3.8, 4) is 0 Å². The molecule has 37 heavy (non-hydrogen) atoms. The molecular weight excluding hydrogens is 539 g/mol. The Labute approximate surface area is 232 Å². The van der Waals surface area contributed by atoms with E-state index in [0.717, 1.165) is 17.3 Å². The van der Waals surface area contributed by atoms with E-state index in [1.54, 1.807) is 0 Å². The molecule has 2 nitrogen and oxygen atoms in total. The van der Waals surface area contributed by atoms with Crippen molar-refractivity contribution in [2.45, 2.75) is 40.2 Å². The van der Waals surface area contributed by atoms with Crippen molar-refractivity contribution in [2.24, 2.45) is 5.41 Å². The first-order chi connectivity index (χ1) is 17.3. The monoisotopic (exact) mass is 574 g/mol. The average Bonchev–Trinajstić information content (AvgIpc) is 2.89. The Morgan fingerprint density at radius 1 is 0.892 bits per heavy atom. The largest absolute Gasteiger partial charge is 1.00 e. The molecule has 0 heterocycles. The highest BCUT2D eigenvalue weighted by molar-refractivity contribution is 7.95. The van der Waals surface area contributed by atoms with E-state index in [0.29, 0.717) is 12.0 Å². The molecular formula is C33H36BrO2P. The molecule has 0 unspecified atom stereocenters. The summed E-state index contributed by atoms with van der Waals surface area (Å²) in [7, 11) is -1.93. The molecule has 0 saturated heterocycles. The second kappa shape index (κ2) is 12.3. The number of halogens is 1. The second-order valence-corrected chi connectivity index (χ2v) is 13.8. The first-order valence-electron chi connectivity index (χ1n) is 12.6. The van der Waals surface area contributed by atoms with E-state index in [1.165, 1.54) is 15.9 Å². The molecule has 1 aliphatic rings. The van der Waals surface area contributed by atoms with Gasteiger partial charge in [-0.1, -0.05) is 86.2 Å². The van der Waals surface area contributed by atoms with E-state index in [-0.39, 0.29) is 28.2 Å². The number of ketones is 1. The Morgan fingerprint density at radius 3 is 1.76 bits per heavy atom. The smallest absolute Gasteiger partial charge is 0.187 e. The highest BCUT2D eigenvalue weighted by atomic mass is 79.9. The number of carbonyl (C=O) groups is 1. The summed E-state index contributed by atoms with van der Waals surface area (Å²) in [6.45, 7) is 8.17. The lowest BCUT2D eigenvalue weighted by Crippen LogP contribution is -3.00. The molecule has 0 fully saturated rings. The molecule has 0 aliphatic heterocycles. The van der Waals surface area contributed by atoms with Crippen LogP contribution in [0.1, 0.15) is 34.1 Å². The quantitative estimate of drug-likeness (QED) is 0.348. The van der Waals surface area contributed by atoms with Crippen LogP contribution in [0.25, 0.3) is 0 Å². The van der Waals surface area contributed by atoms with Crippen LogP contribution in [-0.4, -0.2) is 23.2 Å². The van der Waals surface area contributed by atoms with E-state index in [1.807, 2.05) is 6.92 Å². The van der Waals surface area contributed by atoms with Crippen LogP contribution in [0, 0.1) is 5.41 Å². The molecule has 1 atom stereocenters. The second-order valence-electron chi connectivity index (χ2n) is 10.3. The molecule has 4 heteroatoms. The van der Waals surface area contributed by atoms with Gasteiger partial charge in [-0.15, -0.1) is 0 Å². The Kier molecular flexibility index (Phi) is 9.64. The standard InChI is InChI=1S/C33H36O2P.BrH/c1-25(20-21-30-26(2)32(35)31(34)24-33(30,3)4)22-23-36(27-14-8-5-9-15-27,28-16-10-6-11-17-28)29-18-12-7-13-19-29;/h5-22,31,34H,23-24H2,1-4H3;1H/q+1;/p-1/t31-;/m0./s1. The van der Waals surface area contributed by atoms with E-state index in [9.17, 15) is 9.90 Å². The van der Waals surface area contributed by atoms with Crippen LogP contribution in [0.15, 0.2) is 126 Å². The predicted molar refractivity (Wildman–Crippen MR) is 155 cm³/mol. The maximum absolute atomic E-state index is 12.4. The van der Waals surface area contributed by atoms with Crippen molar-refractivity contribution in [1.29, 1.82) is 0 Å². The van der Waals surface area contributed by atoms with Gasteiger partial charge in [-0.25, -0.2) is 0 Å². The molecule has 0 bridgehead atoms. The minimum Gasteiger partial charge on any atom is -1.00 e. The number of hydrogen-bond donors (Lipinski definition) is 1. The summed E-state index contributed by atoms with van der Waals surface area (Å²) >= 11 is 0. The molecule has 0 spiro atoms. The van der Waals surface area contributed by atoms with Gasteiger partial charge < -0.3 is 22.1 Å². The van der Waals surface area contributed by atoms with Gasteiger partial charge in [0.2, 0.25) is 0 Å². The average molecular weight is 576 g/mol. The number of hydrogen-bond acceptors (Lipinski definition) is 2. The van der Waals surface area contributed by atoms with Crippen LogP contribution in [0.3, 0.4) is 0 Å². The van der Waals surface area contributed by atoms with E-state index in [4.69, 9.17) is 0 Å². The van der Waals surface area contributed by atoms with Crippen LogP contribution < -0.4 is 32.9 Å².